The highest BCUT2D eigenvalue weighted by molar-refractivity contribution is 7.99. The zero-order chi connectivity index (χ0) is 19.6. The topological polar surface area (TPSA) is 86.5 Å². The lowest BCUT2D eigenvalue weighted by Gasteiger charge is -2.11. The van der Waals surface area contributed by atoms with Crippen molar-refractivity contribution in [2.45, 2.75) is 24.9 Å². The van der Waals surface area contributed by atoms with Gasteiger partial charge in [-0.05, 0) is 19.9 Å². The lowest BCUT2D eigenvalue weighted by Crippen LogP contribution is -2.25. The van der Waals surface area contributed by atoms with Gasteiger partial charge in [-0.3, -0.25) is 14.0 Å². The lowest BCUT2D eigenvalue weighted by atomic mass is 10.1. The van der Waals surface area contributed by atoms with Crippen molar-refractivity contribution in [2.24, 2.45) is 0 Å². The average molecular weight is 445 g/mol. The highest BCUT2D eigenvalue weighted by atomic mass is 35.5. The number of halogens is 2. The Morgan fingerprint density at radius 1 is 1.37 bits per heavy atom. The summed E-state index contributed by atoms with van der Waals surface area (Å²) < 4.78 is 6.66. The van der Waals surface area contributed by atoms with Crippen molar-refractivity contribution in [2.75, 3.05) is 12.4 Å². The molecule has 0 aliphatic heterocycles. The first kappa shape index (κ1) is 20.1. The molecule has 0 aromatic carbocycles. The molecule has 11 heteroatoms. The molecule has 0 aliphatic carbocycles. The molecule has 3 aromatic rings. The summed E-state index contributed by atoms with van der Waals surface area (Å²) in [5.74, 6) is -1.98. The Labute approximate surface area is 173 Å². The minimum absolute atomic E-state index is 0.00691. The zero-order valence-electron chi connectivity index (χ0n) is 14.3. The number of hydrogen-bond donors (Lipinski definition) is 0. The van der Waals surface area contributed by atoms with Crippen LogP contribution in [0, 0.1) is 6.92 Å². The third-order valence-electron chi connectivity index (χ3n) is 3.47. The van der Waals surface area contributed by atoms with Gasteiger partial charge in [0.25, 0.3) is 0 Å². The quantitative estimate of drug-likeness (QED) is 0.311. The van der Waals surface area contributed by atoms with Gasteiger partial charge in [0.2, 0.25) is 0 Å². The van der Waals surface area contributed by atoms with Crippen LogP contribution in [-0.2, 0) is 14.3 Å². The first-order valence-corrected chi connectivity index (χ1v) is 10.5. The van der Waals surface area contributed by atoms with Crippen molar-refractivity contribution >= 4 is 63.7 Å². The number of nitrogens with zero attached hydrogens (tertiary/aromatic N) is 4. The standard InChI is InChI=1S/C16H14Cl2N4O3S2/c1-3-25-15(24)12(14-19-8(2)6-26-14)11(23)7-27-16-21-20-13-10(18)4-9(17)5-22(13)16/h4-6,12H,3,7H2,1-2H3. The fourth-order valence-electron chi connectivity index (χ4n) is 2.32. The Bertz CT molecular complexity index is 1000. The summed E-state index contributed by atoms with van der Waals surface area (Å²) in [6.07, 6.45) is 1.61. The van der Waals surface area contributed by atoms with Crippen molar-refractivity contribution < 1.29 is 14.3 Å². The number of pyridine rings is 1. The Morgan fingerprint density at radius 3 is 2.81 bits per heavy atom. The number of esters is 1. The van der Waals surface area contributed by atoms with E-state index in [0.717, 1.165) is 17.5 Å². The summed E-state index contributed by atoms with van der Waals surface area (Å²) in [4.78, 5) is 29.3. The summed E-state index contributed by atoms with van der Waals surface area (Å²) in [6, 6.07) is 1.56. The molecule has 27 heavy (non-hydrogen) atoms. The maximum Gasteiger partial charge on any atom is 0.323 e. The number of thiazole rings is 1. The molecule has 0 spiro atoms. The Kier molecular flexibility index (Phi) is 6.36. The van der Waals surface area contributed by atoms with E-state index in [4.69, 9.17) is 27.9 Å². The molecule has 0 radical (unpaired) electrons. The molecule has 3 rings (SSSR count). The molecule has 0 bridgehead atoms. The van der Waals surface area contributed by atoms with Crippen LogP contribution in [0.25, 0.3) is 5.65 Å². The first-order valence-electron chi connectivity index (χ1n) is 7.84. The van der Waals surface area contributed by atoms with E-state index in [0.29, 0.717) is 25.9 Å². The minimum atomic E-state index is -1.05. The van der Waals surface area contributed by atoms with Gasteiger partial charge < -0.3 is 4.74 Å². The van der Waals surface area contributed by atoms with Crippen LogP contribution in [0.3, 0.4) is 0 Å². The molecule has 1 atom stereocenters. The number of aryl methyl sites for hydroxylation is 1. The number of carbonyl (C=O) groups is 2. The van der Waals surface area contributed by atoms with Gasteiger partial charge in [-0.1, -0.05) is 35.0 Å². The van der Waals surface area contributed by atoms with Crippen molar-refractivity contribution in [3.63, 3.8) is 0 Å². The molecule has 0 fully saturated rings. The largest absolute Gasteiger partial charge is 0.465 e. The van der Waals surface area contributed by atoms with Gasteiger partial charge in [-0.2, -0.15) is 0 Å². The molecular weight excluding hydrogens is 431 g/mol. The van der Waals surface area contributed by atoms with Crippen LogP contribution < -0.4 is 0 Å². The predicted molar refractivity (Wildman–Crippen MR) is 105 cm³/mol. The number of Topliss-reactive ketones (excluding diaryl/α,β-unsaturated/α-hetero) is 1. The van der Waals surface area contributed by atoms with Crippen molar-refractivity contribution in [3.8, 4) is 0 Å². The van der Waals surface area contributed by atoms with Gasteiger partial charge in [0.05, 0.1) is 22.4 Å². The number of thioether (sulfide) groups is 1. The molecule has 142 valence electrons. The Morgan fingerprint density at radius 2 is 2.15 bits per heavy atom. The highest BCUT2D eigenvalue weighted by Crippen LogP contribution is 2.28. The number of carbonyl (C=O) groups excluding carboxylic acids is 2. The van der Waals surface area contributed by atoms with Gasteiger partial charge in [0.1, 0.15) is 5.01 Å². The molecule has 1 unspecified atom stereocenters. The molecule has 0 N–H and O–H groups in total. The van der Waals surface area contributed by atoms with Gasteiger partial charge >= 0.3 is 5.97 Å². The van der Waals surface area contributed by atoms with Gasteiger partial charge in [0, 0.05) is 17.3 Å². The smallest absolute Gasteiger partial charge is 0.323 e. The molecule has 3 aromatic heterocycles. The van der Waals surface area contributed by atoms with Gasteiger partial charge in [-0.15, -0.1) is 21.5 Å². The van der Waals surface area contributed by atoms with Crippen LogP contribution in [-0.4, -0.2) is 43.7 Å². The number of rotatable bonds is 7. The fraction of sp³-hybridized carbons (Fsp3) is 0.312. The summed E-state index contributed by atoms with van der Waals surface area (Å²) in [6.45, 7) is 3.68. The van der Waals surface area contributed by atoms with Crippen LogP contribution in [0.4, 0.5) is 0 Å². The second kappa shape index (κ2) is 8.55. The van der Waals surface area contributed by atoms with Gasteiger partial charge in [0.15, 0.2) is 22.5 Å². The third kappa shape index (κ3) is 4.43. The maximum atomic E-state index is 12.8. The summed E-state index contributed by atoms with van der Waals surface area (Å²) in [5.41, 5.74) is 1.19. The maximum absolute atomic E-state index is 12.8. The Hall–Kier alpha value is -1.68. The van der Waals surface area contributed by atoms with Gasteiger partial charge in [-0.25, -0.2) is 4.98 Å². The normalized spacial score (nSPS) is 12.3. The zero-order valence-corrected chi connectivity index (χ0v) is 17.5. The van der Waals surface area contributed by atoms with Crippen molar-refractivity contribution in [3.05, 3.63) is 38.4 Å². The number of hydrogen-bond acceptors (Lipinski definition) is 8. The number of fused-ring (bicyclic) bond motifs is 1. The third-order valence-corrected chi connectivity index (χ3v) is 5.94. The summed E-state index contributed by atoms with van der Waals surface area (Å²) >= 11 is 14.5. The Balaban J connectivity index is 1.81. The molecule has 0 saturated heterocycles. The second-order valence-corrected chi connectivity index (χ2v) is 8.13. The van der Waals surface area contributed by atoms with Crippen LogP contribution in [0.15, 0.2) is 22.8 Å². The van der Waals surface area contributed by atoms with Crippen LogP contribution >= 0.6 is 46.3 Å². The van der Waals surface area contributed by atoms with Crippen molar-refractivity contribution in [1.82, 2.24) is 19.6 Å². The van der Waals surface area contributed by atoms with Crippen LogP contribution in [0.2, 0.25) is 10.0 Å². The monoisotopic (exact) mass is 444 g/mol. The SMILES string of the molecule is CCOC(=O)C(C(=O)CSc1nnc2c(Cl)cc(Cl)cn12)c1nc(C)cs1. The molecule has 0 aliphatic rings. The second-order valence-electron chi connectivity index (χ2n) is 5.45. The van der Waals surface area contributed by atoms with Crippen LogP contribution in [0.5, 0.6) is 0 Å². The minimum Gasteiger partial charge on any atom is -0.465 e. The van der Waals surface area contributed by atoms with Crippen molar-refractivity contribution in [1.29, 1.82) is 0 Å². The number of ketones is 1. The van der Waals surface area contributed by atoms with E-state index in [1.54, 1.807) is 35.9 Å². The molecular formula is C16H14Cl2N4O3S2. The summed E-state index contributed by atoms with van der Waals surface area (Å²) in [5, 5.41) is 11.5. The number of aromatic nitrogens is 4. The van der Waals surface area contributed by atoms with E-state index in [1.165, 1.54) is 11.3 Å². The predicted octanol–water partition coefficient (Wildman–Crippen LogP) is 3.81. The molecule has 0 amide bonds. The molecule has 7 nitrogen and oxygen atoms in total. The van der Waals surface area contributed by atoms with E-state index in [9.17, 15) is 9.59 Å². The molecule has 0 saturated carbocycles. The summed E-state index contributed by atoms with van der Waals surface area (Å²) in [7, 11) is 0. The number of ether oxygens (including phenoxy) is 1. The fourth-order valence-corrected chi connectivity index (χ4v) is 4.55. The first-order chi connectivity index (χ1) is 12.9. The van der Waals surface area contributed by atoms with Crippen LogP contribution in [0.1, 0.15) is 23.5 Å². The lowest BCUT2D eigenvalue weighted by molar-refractivity contribution is -0.147. The highest BCUT2D eigenvalue weighted by Gasteiger charge is 2.32. The van der Waals surface area contributed by atoms with E-state index in [2.05, 4.69) is 15.2 Å². The molecule has 3 heterocycles. The van der Waals surface area contributed by atoms with E-state index in [1.807, 2.05) is 0 Å². The van der Waals surface area contributed by atoms with E-state index < -0.39 is 11.9 Å². The van der Waals surface area contributed by atoms with E-state index in [-0.39, 0.29) is 18.1 Å². The average Bonchev–Trinajstić information content (AvgIpc) is 3.20. The van der Waals surface area contributed by atoms with E-state index >= 15 is 0 Å².